The molecule has 6 aromatic rings. The zero-order chi connectivity index (χ0) is 26.5. The minimum absolute atomic E-state index is 0.587. The zero-order valence-electron chi connectivity index (χ0n) is 21.8. The van der Waals surface area contributed by atoms with Gasteiger partial charge in [-0.3, -0.25) is 0 Å². The summed E-state index contributed by atoms with van der Waals surface area (Å²) in [5.74, 6) is 3.45. The Bertz CT molecular complexity index is 1720. The Morgan fingerprint density at radius 3 is 1.82 bits per heavy atom. The smallest absolute Gasteiger partial charge is 0.179 e. The standard InChI is InChI=1S/C32H27NO4S3/c1(4-22-5-3-15-38-22)2-10-33-25-8-6-20(31-29-27(18-39-31)34-11-13-36-29)16-23(25)24-17-21(7-9-26(24)33)32-30-28(19-40-32)35-12-14-37-30/h3,5-9,15-19H,1-2,4,10-14H2. The fraction of sp³-hybridized carbons (Fsp3) is 0.250. The highest BCUT2D eigenvalue weighted by atomic mass is 32.1. The third-order valence-electron chi connectivity index (χ3n) is 7.63. The van der Waals surface area contributed by atoms with Gasteiger partial charge in [-0.15, -0.1) is 34.0 Å². The Morgan fingerprint density at radius 1 is 0.650 bits per heavy atom. The van der Waals surface area contributed by atoms with Crippen LogP contribution in [0.3, 0.4) is 0 Å². The lowest BCUT2D eigenvalue weighted by atomic mass is 10.1. The van der Waals surface area contributed by atoms with Crippen LogP contribution in [0.1, 0.15) is 17.7 Å². The average Bonchev–Trinajstić information content (AvgIpc) is 3.80. The van der Waals surface area contributed by atoms with Gasteiger partial charge in [0.15, 0.2) is 23.0 Å². The predicted octanol–water partition coefficient (Wildman–Crippen LogP) is 8.88. The topological polar surface area (TPSA) is 41.9 Å². The van der Waals surface area contributed by atoms with Crippen LogP contribution in [0.5, 0.6) is 23.0 Å². The van der Waals surface area contributed by atoms with Crippen LogP contribution in [0.25, 0.3) is 42.7 Å². The molecule has 5 nitrogen and oxygen atoms in total. The van der Waals surface area contributed by atoms with E-state index in [0.29, 0.717) is 26.4 Å². The Morgan fingerprint density at radius 2 is 1.25 bits per heavy atom. The Kier molecular flexibility index (Phi) is 6.20. The van der Waals surface area contributed by atoms with Crippen molar-refractivity contribution >= 4 is 55.8 Å². The van der Waals surface area contributed by atoms with Gasteiger partial charge in [0.05, 0.1) is 9.75 Å². The van der Waals surface area contributed by atoms with E-state index < -0.39 is 0 Å². The van der Waals surface area contributed by atoms with Gasteiger partial charge < -0.3 is 23.5 Å². The van der Waals surface area contributed by atoms with Crippen molar-refractivity contribution in [2.75, 3.05) is 26.4 Å². The van der Waals surface area contributed by atoms with E-state index in [-0.39, 0.29) is 0 Å². The molecular weight excluding hydrogens is 559 g/mol. The second kappa shape index (κ2) is 10.2. The van der Waals surface area contributed by atoms with Crippen molar-refractivity contribution in [1.82, 2.24) is 4.57 Å². The highest BCUT2D eigenvalue weighted by molar-refractivity contribution is 7.14. The molecule has 40 heavy (non-hydrogen) atoms. The van der Waals surface area contributed by atoms with E-state index in [2.05, 4.69) is 69.2 Å². The number of hydrogen-bond acceptors (Lipinski definition) is 7. The molecule has 0 amide bonds. The molecule has 0 atom stereocenters. The number of thiophene rings is 3. The third-order valence-corrected chi connectivity index (χ3v) is 10.5. The molecule has 0 fully saturated rings. The molecule has 202 valence electrons. The lowest BCUT2D eigenvalue weighted by Gasteiger charge is -2.16. The summed E-state index contributed by atoms with van der Waals surface area (Å²) in [6, 6.07) is 18.1. The largest absolute Gasteiger partial charge is 0.485 e. The van der Waals surface area contributed by atoms with Crippen molar-refractivity contribution in [3.05, 3.63) is 69.5 Å². The maximum Gasteiger partial charge on any atom is 0.179 e. The van der Waals surface area contributed by atoms with Crippen molar-refractivity contribution in [2.45, 2.75) is 25.8 Å². The summed E-state index contributed by atoms with van der Waals surface area (Å²) in [5, 5.41) is 8.81. The minimum atomic E-state index is 0.587. The number of nitrogens with zero attached hydrogens (tertiary/aromatic N) is 1. The lowest BCUT2D eigenvalue weighted by Crippen LogP contribution is -2.14. The van der Waals surface area contributed by atoms with Crippen molar-refractivity contribution in [3.8, 4) is 43.9 Å². The first-order valence-corrected chi connectivity index (χ1v) is 16.3. The number of ether oxygens (including phenoxy) is 4. The molecule has 2 aromatic carbocycles. The van der Waals surface area contributed by atoms with Gasteiger partial charge in [-0.25, -0.2) is 0 Å². The van der Waals surface area contributed by atoms with E-state index >= 15 is 0 Å². The van der Waals surface area contributed by atoms with Crippen LogP contribution < -0.4 is 18.9 Å². The van der Waals surface area contributed by atoms with Crippen molar-refractivity contribution in [2.24, 2.45) is 0 Å². The molecule has 2 aliphatic heterocycles. The maximum absolute atomic E-state index is 6.03. The minimum Gasteiger partial charge on any atom is -0.485 e. The summed E-state index contributed by atoms with van der Waals surface area (Å²) in [6.07, 6.45) is 3.45. The van der Waals surface area contributed by atoms with Gasteiger partial charge in [0.1, 0.15) is 26.4 Å². The number of benzene rings is 2. The molecule has 0 aliphatic carbocycles. The van der Waals surface area contributed by atoms with Crippen LogP contribution in [0.2, 0.25) is 0 Å². The number of hydrogen-bond donors (Lipinski definition) is 0. The molecule has 8 rings (SSSR count). The summed E-state index contributed by atoms with van der Waals surface area (Å²) in [4.78, 5) is 3.72. The first-order valence-electron chi connectivity index (χ1n) is 13.7. The fourth-order valence-electron chi connectivity index (χ4n) is 5.78. The third kappa shape index (κ3) is 4.17. The van der Waals surface area contributed by atoms with Crippen molar-refractivity contribution < 1.29 is 18.9 Å². The van der Waals surface area contributed by atoms with Crippen LogP contribution >= 0.6 is 34.0 Å². The highest BCUT2D eigenvalue weighted by Crippen LogP contribution is 2.48. The van der Waals surface area contributed by atoms with Gasteiger partial charge in [0.25, 0.3) is 0 Å². The van der Waals surface area contributed by atoms with E-state index in [1.54, 1.807) is 22.7 Å². The van der Waals surface area contributed by atoms with Gasteiger partial charge in [0.2, 0.25) is 0 Å². The van der Waals surface area contributed by atoms with E-state index in [1.807, 2.05) is 11.3 Å². The van der Waals surface area contributed by atoms with Gasteiger partial charge >= 0.3 is 0 Å². The van der Waals surface area contributed by atoms with Gasteiger partial charge in [-0.2, -0.15) is 0 Å². The second-order valence-corrected chi connectivity index (χ2v) is 12.9. The molecule has 2 aliphatic rings. The normalized spacial score (nSPS) is 14.3. The first-order chi connectivity index (χ1) is 19.8. The number of rotatable bonds is 7. The SMILES string of the molecule is c1csc(CCCCn2c3ccc(-c4scc5c4OCCO5)cc3c3cc(-c4scc5c4OCCO5)ccc32)c1. The van der Waals surface area contributed by atoms with Gasteiger partial charge in [-0.1, -0.05) is 18.2 Å². The maximum atomic E-state index is 6.03. The number of aryl methyl sites for hydroxylation is 2. The molecule has 8 heteroatoms. The van der Waals surface area contributed by atoms with E-state index in [4.69, 9.17) is 18.9 Å². The summed E-state index contributed by atoms with van der Waals surface area (Å²) < 4.78 is 26.2. The van der Waals surface area contributed by atoms with Crippen LogP contribution in [-0.2, 0) is 13.0 Å². The second-order valence-electron chi connectivity index (χ2n) is 10.1. The molecule has 4 aromatic heterocycles. The van der Waals surface area contributed by atoms with Crippen molar-refractivity contribution in [1.29, 1.82) is 0 Å². The fourth-order valence-corrected chi connectivity index (χ4v) is 8.39. The molecule has 0 bridgehead atoms. The summed E-state index contributed by atoms with van der Waals surface area (Å²) >= 11 is 5.23. The Labute approximate surface area is 244 Å². The van der Waals surface area contributed by atoms with Crippen LogP contribution in [0.15, 0.2) is 64.7 Å². The molecule has 6 heterocycles. The molecule has 0 saturated carbocycles. The monoisotopic (exact) mass is 585 g/mol. The van der Waals surface area contributed by atoms with Gasteiger partial charge in [0, 0.05) is 44.0 Å². The average molecular weight is 586 g/mol. The molecule has 0 radical (unpaired) electrons. The van der Waals surface area contributed by atoms with E-state index in [0.717, 1.165) is 63.3 Å². The number of aromatic nitrogens is 1. The number of fused-ring (bicyclic) bond motifs is 5. The quantitative estimate of drug-likeness (QED) is 0.176. The Balaban J connectivity index is 1.22. The summed E-state index contributed by atoms with van der Waals surface area (Å²) in [6.45, 7) is 3.37. The molecular formula is C32H27NO4S3. The van der Waals surface area contributed by atoms with E-state index in [1.165, 1.54) is 33.1 Å². The molecule has 0 unspecified atom stereocenters. The lowest BCUT2D eigenvalue weighted by molar-refractivity contribution is 0.174. The Hall–Kier alpha value is -3.46. The van der Waals surface area contributed by atoms with Crippen LogP contribution in [0.4, 0.5) is 0 Å². The highest BCUT2D eigenvalue weighted by Gasteiger charge is 2.23. The van der Waals surface area contributed by atoms with Crippen molar-refractivity contribution in [3.63, 3.8) is 0 Å². The summed E-state index contributed by atoms with van der Waals surface area (Å²) in [5.41, 5.74) is 4.86. The zero-order valence-corrected chi connectivity index (χ0v) is 24.3. The summed E-state index contributed by atoms with van der Waals surface area (Å²) in [7, 11) is 0. The van der Waals surface area contributed by atoms with Gasteiger partial charge in [-0.05, 0) is 66.1 Å². The van der Waals surface area contributed by atoms with Crippen LogP contribution in [0, 0.1) is 0 Å². The predicted molar refractivity (Wildman–Crippen MR) is 165 cm³/mol. The molecule has 0 spiro atoms. The number of unbranched alkanes of at least 4 members (excludes halogenated alkanes) is 1. The molecule has 0 N–H and O–H groups in total. The molecule has 0 saturated heterocycles. The van der Waals surface area contributed by atoms with Crippen LogP contribution in [-0.4, -0.2) is 31.0 Å². The van der Waals surface area contributed by atoms with E-state index in [9.17, 15) is 0 Å². The first kappa shape index (κ1) is 24.3.